The number of aromatic nitrogens is 4. The van der Waals surface area contributed by atoms with E-state index in [0.717, 1.165) is 24.2 Å². The SMILES string of the molecule is Cc1cc(Nc2cnc(C(=O)N3CCC[C@@H](N)C3)c(Nc3ccc(Cl)cc3)n2)n[nH]1. The van der Waals surface area contributed by atoms with Crippen molar-refractivity contribution in [1.29, 1.82) is 0 Å². The predicted octanol–water partition coefficient (Wildman–Crippen LogP) is 3.21. The monoisotopic (exact) mass is 426 g/mol. The smallest absolute Gasteiger partial charge is 0.276 e. The number of carbonyl (C=O) groups is 1. The van der Waals surface area contributed by atoms with Gasteiger partial charge in [0.05, 0.1) is 6.20 Å². The van der Waals surface area contributed by atoms with Crippen molar-refractivity contribution in [3.63, 3.8) is 0 Å². The minimum Gasteiger partial charge on any atom is -0.338 e. The maximum atomic E-state index is 13.2. The van der Waals surface area contributed by atoms with Crippen LogP contribution in [0.15, 0.2) is 36.5 Å². The maximum absolute atomic E-state index is 13.2. The Morgan fingerprint density at radius 3 is 2.77 bits per heavy atom. The Hall–Kier alpha value is -3.17. The third kappa shape index (κ3) is 4.69. The fourth-order valence-electron chi connectivity index (χ4n) is 3.32. The van der Waals surface area contributed by atoms with Gasteiger partial charge in [0.2, 0.25) is 0 Å². The molecule has 2 aromatic heterocycles. The van der Waals surface area contributed by atoms with Gasteiger partial charge in [-0.1, -0.05) is 11.6 Å². The van der Waals surface area contributed by atoms with Crippen LogP contribution in [0.1, 0.15) is 29.0 Å². The van der Waals surface area contributed by atoms with Gasteiger partial charge in [0, 0.05) is 41.6 Å². The lowest BCUT2D eigenvalue weighted by atomic mass is 10.1. The maximum Gasteiger partial charge on any atom is 0.276 e. The molecule has 0 unspecified atom stereocenters. The van der Waals surface area contributed by atoms with Crippen LogP contribution in [0.2, 0.25) is 5.02 Å². The van der Waals surface area contributed by atoms with Crippen LogP contribution in [0, 0.1) is 6.92 Å². The van der Waals surface area contributed by atoms with E-state index in [9.17, 15) is 4.79 Å². The van der Waals surface area contributed by atoms with Gasteiger partial charge < -0.3 is 21.3 Å². The summed E-state index contributed by atoms with van der Waals surface area (Å²) in [5.41, 5.74) is 7.95. The number of nitrogens with one attached hydrogen (secondary N) is 3. The molecule has 1 saturated heterocycles. The van der Waals surface area contributed by atoms with E-state index in [0.29, 0.717) is 35.6 Å². The second kappa shape index (κ2) is 8.68. The number of piperidine rings is 1. The molecule has 0 aliphatic carbocycles. The van der Waals surface area contributed by atoms with Crippen LogP contribution < -0.4 is 16.4 Å². The van der Waals surface area contributed by atoms with Crippen molar-refractivity contribution in [2.75, 3.05) is 23.7 Å². The minimum absolute atomic E-state index is 0.0211. The summed E-state index contributed by atoms with van der Waals surface area (Å²) >= 11 is 5.98. The summed E-state index contributed by atoms with van der Waals surface area (Å²) in [6.45, 7) is 3.07. The number of hydrogen-bond acceptors (Lipinski definition) is 7. The number of nitrogens with two attached hydrogens (primary N) is 1. The number of benzene rings is 1. The number of aromatic amines is 1. The van der Waals surface area contributed by atoms with Crippen molar-refractivity contribution in [3.8, 4) is 0 Å². The van der Waals surface area contributed by atoms with Crippen LogP contribution in [0.4, 0.5) is 23.1 Å². The van der Waals surface area contributed by atoms with Gasteiger partial charge in [-0.2, -0.15) is 5.10 Å². The summed E-state index contributed by atoms with van der Waals surface area (Å²) in [5, 5.41) is 13.9. The summed E-state index contributed by atoms with van der Waals surface area (Å²) in [5.74, 6) is 1.22. The molecule has 9 nitrogen and oxygen atoms in total. The first-order chi connectivity index (χ1) is 14.5. The van der Waals surface area contributed by atoms with Gasteiger partial charge in [-0.3, -0.25) is 9.89 Å². The molecule has 1 atom stereocenters. The van der Waals surface area contributed by atoms with Crippen LogP contribution in [0.25, 0.3) is 0 Å². The molecular formula is C20H23ClN8O. The lowest BCUT2D eigenvalue weighted by Gasteiger charge is -2.30. The zero-order valence-electron chi connectivity index (χ0n) is 16.5. The Kier molecular flexibility index (Phi) is 5.82. The molecule has 0 spiro atoms. The predicted molar refractivity (Wildman–Crippen MR) is 116 cm³/mol. The van der Waals surface area contributed by atoms with Gasteiger partial charge in [-0.05, 0) is 44.0 Å². The van der Waals surface area contributed by atoms with E-state index < -0.39 is 0 Å². The van der Waals surface area contributed by atoms with Crippen LogP contribution in [-0.2, 0) is 0 Å². The lowest BCUT2D eigenvalue weighted by molar-refractivity contribution is 0.0703. The number of amides is 1. The van der Waals surface area contributed by atoms with E-state index in [-0.39, 0.29) is 17.6 Å². The third-order valence-corrected chi connectivity index (χ3v) is 5.04. The van der Waals surface area contributed by atoms with E-state index in [1.165, 1.54) is 6.20 Å². The largest absolute Gasteiger partial charge is 0.338 e. The second-order valence-electron chi connectivity index (χ2n) is 7.30. The molecule has 1 fully saturated rings. The number of anilines is 4. The number of hydrogen-bond donors (Lipinski definition) is 4. The molecular weight excluding hydrogens is 404 g/mol. The number of H-pyrrole nitrogens is 1. The average Bonchev–Trinajstić information content (AvgIpc) is 3.14. The van der Waals surface area contributed by atoms with Crippen LogP contribution in [-0.4, -0.2) is 50.1 Å². The summed E-state index contributed by atoms with van der Waals surface area (Å²) in [4.78, 5) is 23.9. The Morgan fingerprint density at radius 1 is 1.27 bits per heavy atom. The van der Waals surface area contributed by atoms with E-state index >= 15 is 0 Å². The van der Waals surface area contributed by atoms with Gasteiger partial charge in [-0.15, -0.1) is 0 Å². The number of likely N-dealkylation sites (tertiary alicyclic amines) is 1. The van der Waals surface area contributed by atoms with E-state index in [1.54, 1.807) is 17.0 Å². The average molecular weight is 427 g/mol. The molecule has 1 aromatic carbocycles. The van der Waals surface area contributed by atoms with Crippen molar-refractivity contribution >= 4 is 40.6 Å². The molecule has 3 heterocycles. The summed E-state index contributed by atoms with van der Waals surface area (Å²) < 4.78 is 0. The second-order valence-corrected chi connectivity index (χ2v) is 7.74. The standard InChI is InChI=1S/C20H23ClN8O/c1-12-9-16(28-27-12)25-17-10-23-18(20(30)29-8-2-3-14(22)11-29)19(26-17)24-15-6-4-13(21)5-7-15/h4-7,9-10,14H,2-3,8,11,22H2,1H3,(H3,24,25,26,27,28)/t14-/m1/s1. The molecule has 10 heteroatoms. The van der Waals surface area contributed by atoms with Crippen molar-refractivity contribution in [1.82, 2.24) is 25.1 Å². The Bertz CT molecular complexity index is 1040. The first-order valence-electron chi connectivity index (χ1n) is 9.71. The number of rotatable bonds is 5. The molecule has 0 bridgehead atoms. The molecule has 1 aliphatic heterocycles. The topological polar surface area (TPSA) is 125 Å². The fraction of sp³-hybridized carbons (Fsp3) is 0.300. The fourth-order valence-corrected chi connectivity index (χ4v) is 3.45. The Morgan fingerprint density at radius 2 is 2.07 bits per heavy atom. The van der Waals surface area contributed by atoms with Gasteiger partial charge in [0.25, 0.3) is 5.91 Å². The molecule has 1 amide bonds. The number of carbonyl (C=O) groups excluding carboxylic acids is 1. The van der Waals surface area contributed by atoms with Gasteiger partial charge in [0.1, 0.15) is 0 Å². The van der Waals surface area contributed by atoms with E-state index in [1.807, 2.05) is 25.1 Å². The molecule has 5 N–H and O–H groups in total. The summed E-state index contributed by atoms with van der Waals surface area (Å²) in [6, 6.07) is 8.97. The number of aryl methyl sites for hydroxylation is 1. The number of halogens is 1. The van der Waals surface area contributed by atoms with Crippen LogP contribution in [0.5, 0.6) is 0 Å². The number of nitrogens with zero attached hydrogens (tertiary/aromatic N) is 4. The molecule has 0 radical (unpaired) electrons. The first-order valence-corrected chi connectivity index (χ1v) is 10.1. The van der Waals surface area contributed by atoms with Crippen molar-refractivity contribution in [2.24, 2.45) is 5.73 Å². The molecule has 30 heavy (non-hydrogen) atoms. The highest BCUT2D eigenvalue weighted by molar-refractivity contribution is 6.30. The summed E-state index contributed by atoms with van der Waals surface area (Å²) in [6.07, 6.45) is 3.31. The Balaban J connectivity index is 1.64. The van der Waals surface area contributed by atoms with Gasteiger partial charge >= 0.3 is 0 Å². The lowest BCUT2D eigenvalue weighted by Crippen LogP contribution is -2.46. The van der Waals surface area contributed by atoms with E-state index in [4.69, 9.17) is 17.3 Å². The zero-order valence-corrected chi connectivity index (χ0v) is 17.3. The van der Waals surface area contributed by atoms with Crippen molar-refractivity contribution < 1.29 is 4.79 Å². The van der Waals surface area contributed by atoms with Crippen molar-refractivity contribution in [3.05, 3.63) is 52.9 Å². The van der Waals surface area contributed by atoms with Gasteiger partial charge in [-0.25, -0.2) is 9.97 Å². The van der Waals surface area contributed by atoms with Gasteiger partial charge in [0.15, 0.2) is 23.1 Å². The quantitative estimate of drug-likeness (QED) is 0.493. The Labute approximate surface area is 179 Å². The normalized spacial score (nSPS) is 16.4. The molecule has 0 saturated carbocycles. The highest BCUT2D eigenvalue weighted by Crippen LogP contribution is 2.24. The molecule has 156 valence electrons. The summed E-state index contributed by atoms with van der Waals surface area (Å²) in [7, 11) is 0. The highest BCUT2D eigenvalue weighted by atomic mass is 35.5. The molecule has 4 rings (SSSR count). The van der Waals surface area contributed by atoms with Crippen LogP contribution in [0.3, 0.4) is 0 Å². The molecule has 1 aliphatic rings. The molecule has 3 aromatic rings. The minimum atomic E-state index is -0.198. The third-order valence-electron chi connectivity index (χ3n) is 4.79. The van der Waals surface area contributed by atoms with Crippen molar-refractivity contribution in [2.45, 2.75) is 25.8 Å². The first kappa shape index (κ1) is 20.1. The van der Waals surface area contributed by atoms with E-state index in [2.05, 4.69) is 30.8 Å². The highest BCUT2D eigenvalue weighted by Gasteiger charge is 2.26. The zero-order chi connectivity index (χ0) is 21.1. The van der Waals surface area contributed by atoms with Crippen LogP contribution >= 0.6 is 11.6 Å².